The van der Waals surface area contributed by atoms with Gasteiger partial charge in [0.25, 0.3) is 5.91 Å². The van der Waals surface area contributed by atoms with E-state index in [1.54, 1.807) is 31.5 Å². The predicted molar refractivity (Wildman–Crippen MR) is 141 cm³/mol. The third-order valence-electron chi connectivity index (χ3n) is 6.74. The van der Waals surface area contributed by atoms with Gasteiger partial charge in [-0.25, -0.2) is 4.39 Å². The molecule has 3 amide bonds. The van der Waals surface area contributed by atoms with Crippen molar-refractivity contribution >= 4 is 29.1 Å². The van der Waals surface area contributed by atoms with Gasteiger partial charge in [0.15, 0.2) is 11.6 Å². The van der Waals surface area contributed by atoms with E-state index in [9.17, 15) is 18.8 Å². The zero-order valence-electron chi connectivity index (χ0n) is 21.5. The minimum absolute atomic E-state index is 0.0127. The highest BCUT2D eigenvalue weighted by Gasteiger charge is 2.35. The van der Waals surface area contributed by atoms with Crippen LogP contribution in [-0.2, 0) is 9.59 Å². The lowest BCUT2D eigenvalue weighted by Gasteiger charge is -2.24. The van der Waals surface area contributed by atoms with E-state index in [-0.39, 0.29) is 43.0 Å². The highest BCUT2D eigenvalue weighted by molar-refractivity contribution is 6.07. The zero-order chi connectivity index (χ0) is 27.5. The van der Waals surface area contributed by atoms with E-state index in [1.165, 1.54) is 19.2 Å². The molecule has 5 rings (SSSR count). The molecule has 2 bridgehead atoms. The number of methoxy groups -OCH3 is 1. The van der Waals surface area contributed by atoms with Gasteiger partial charge in [0.05, 0.1) is 42.5 Å². The topological polar surface area (TPSA) is 146 Å². The summed E-state index contributed by atoms with van der Waals surface area (Å²) in [5, 5.41) is 11.6. The highest BCUT2D eigenvalue weighted by Crippen LogP contribution is 2.44. The summed E-state index contributed by atoms with van der Waals surface area (Å²) in [6.45, 7) is 2.47. The van der Waals surface area contributed by atoms with Crippen LogP contribution >= 0.6 is 0 Å². The second kappa shape index (κ2) is 11.0. The normalized spacial score (nSPS) is 19.6. The van der Waals surface area contributed by atoms with Gasteiger partial charge < -0.3 is 35.7 Å². The lowest BCUT2D eigenvalue weighted by Crippen LogP contribution is -2.46. The maximum atomic E-state index is 14.5. The first-order valence-electron chi connectivity index (χ1n) is 12.6. The van der Waals surface area contributed by atoms with Crippen LogP contribution in [0.15, 0.2) is 36.7 Å². The third kappa shape index (κ3) is 5.22. The van der Waals surface area contributed by atoms with Crippen LogP contribution in [0.4, 0.5) is 15.8 Å². The number of ether oxygens (including phenoxy) is 2. The Balaban J connectivity index is 1.66. The summed E-state index contributed by atoms with van der Waals surface area (Å²) in [6.07, 6.45) is 3.70. The predicted octanol–water partition coefficient (Wildman–Crippen LogP) is 2.59. The van der Waals surface area contributed by atoms with Gasteiger partial charge in [0, 0.05) is 42.9 Å². The van der Waals surface area contributed by atoms with Crippen molar-refractivity contribution in [2.45, 2.75) is 31.7 Å². The molecule has 0 spiro atoms. The molecule has 5 N–H and O–H groups in total. The van der Waals surface area contributed by atoms with Gasteiger partial charge in [-0.3, -0.25) is 19.4 Å². The van der Waals surface area contributed by atoms with E-state index in [0.717, 1.165) is 0 Å². The van der Waals surface area contributed by atoms with Crippen LogP contribution < -0.4 is 30.7 Å². The number of H-pyrrole nitrogens is 1. The van der Waals surface area contributed by atoms with Crippen LogP contribution in [0.1, 0.15) is 41.7 Å². The summed E-state index contributed by atoms with van der Waals surface area (Å²) >= 11 is 0. The number of carbonyl (C=O) groups is 3. The molecule has 2 aliphatic rings. The Kier molecular flexibility index (Phi) is 7.35. The fraction of sp³-hybridized carbons (Fsp3) is 0.333. The fourth-order valence-electron chi connectivity index (χ4n) is 4.83. The maximum absolute atomic E-state index is 14.5. The molecule has 1 unspecified atom stereocenters. The van der Waals surface area contributed by atoms with Crippen molar-refractivity contribution in [1.29, 1.82) is 0 Å². The molecule has 12 heteroatoms. The lowest BCUT2D eigenvalue weighted by molar-refractivity contribution is -0.128. The number of carbonyl (C=O) groups excluding carboxylic acids is 3. The number of aromatic amines is 1. The highest BCUT2D eigenvalue weighted by atomic mass is 19.1. The minimum Gasteiger partial charge on any atom is -0.492 e. The van der Waals surface area contributed by atoms with Crippen molar-refractivity contribution in [2.75, 3.05) is 32.1 Å². The van der Waals surface area contributed by atoms with E-state index >= 15 is 0 Å². The standard InChI is InChI=1S/C27H29FN6O5/c1-14-26(36)30-8-4-10-39-19-13-29-9-7-16(19)23-24(33-18-6-3-5-17(28)25(18)38-2)21-22(34-23)15(11-20(35)32-14)12-31-27(21)37/h3,5-7,9,13-15,33-34H,4,8,10-12H2,1-2H3,(H,30,36)(H,31,37)(H,32,35)/t14-,15?/m0/s1. The molecule has 2 atom stereocenters. The first-order chi connectivity index (χ1) is 18.9. The molecule has 3 aromatic rings. The number of para-hydroxylation sites is 1. The number of anilines is 2. The molecule has 39 heavy (non-hydrogen) atoms. The first-order valence-corrected chi connectivity index (χ1v) is 12.6. The summed E-state index contributed by atoms with van der Waals surface area (Å²) in [5.74, 6) is -1.54. The SMILES string of the molecule is COc1c(F)cccc1Nc1c2[nH]c3c1C(=O)NCC3CC(=O)N[C@@H](C)C(=O)NCCCOc1cnccc1-2. The molecule has 0 fully saturated rings. The molecular weight excluding hydrogens is 507 g/mol. The lowest BCUT2D eigenvalue weighted by atomic mass is 9.93. The number of nitrogens with one attached hydrogen (secondary N) is 5. The molecule has 2 aromatic heterocycles. The van der Waals surface area contributed by atoms with Gasteiger partial charge in [0.2, 0.25) is 11.8 Å². The van der Waals surface area contributed by atoms with E-state index in [0.29, 0.717) is 52.6 Å². The molecule has 0 saturated heterocycles. The third-order valence-corrected chi connectivity index (χ3v) is 6.74. The maximum Gasteiger partial charge on any atom is 0.255 e. The van der Waals surface area contributed by atoms with Gasteiger partial charge in [-0.2, -0.15) is 0 Å². The van der Waals surface area contributed by atoms with Crippen LogP contribution in [0.5, 0.6) is 11.5 Å². The van der Waals surface area contributed by atoms with Crippen molar-refractivity contribution in [3.05, 3.63) is 53.7 Å². The van der Waals surface area contributed by atoms with Crippen molar-refractivity contribution < 1.29 is 28.2 Å². The Labute approximate surface area is 223 Å². The van der Waals surface area contributed by atoms with Crippen LogP contribution in [0.3, 0.4) is 0 Å². The number of nitrogens with zero attached hydrogens (tertiary/aromatic N) is 1. The van der Waals surface area contributed by atoms with Gasteiger partial charge in [0.1, 0.15) is 11.8 Å². The number of benzene rings is 1. The number of fused-ring (bicyclic) bond motifs is 3. The molecule has 1 aromatic carbocycles. The Morgan fingerprint density at radius 1 is 1.18 bits per heavy atom. The van der Waals surface area contributed by atoms with Crippen LogP contribution in [-0.4, -0.2) is 60.5 Å². The van der Waals surface area contributed by atoms with E-state index in [2.05, 4.69) is 31.2 Å². The van der Waals surface area contributed by atoms with Gasteiger partial charge in [-0.1, -0.05) is 6.07 Å². The van der Waals surface area contributed by atoms with Gasteiger partial charge in [-0.05, 0) is 31.5 Å². The van der Waals surface area contributed by atoms with E-state index < -0.39 is 17.8 Å². The monoisotopic (exact) mass is 536 g/mol. The van der Waals surface area contributed by atoms with Crippen LogP contribution in [0.2, 0.25) is 0 Å². The number of hydrogen-bond donors (Lipinski definition) is 5. The smallest absolute Gasteiger partial charge is 0.255 e. The number of rotatable bonds is 3. The van der Waals surface area contributed by atoms with Crippen molar-refractivity contribution in [3.63, 3.8) is 0 Å². The second-order valence-corrected chi connectivity index (χ2v) is 9.37. The summed E-state index contributed by atoms with van der Waals surface area (Å²) in [5.41, 5.74) is 2.64. The molecule has 0 saturated carbocycles. The fourth-order valence-corrected chi connectivity index (χ4v) is 4.83. The summed E-state index contributed by atoms with van der Waals surface area (Å²) in [7, 11) is 1.36. The van der Waals surface area contributed by atoms with Crippen LogP contribution in [0.25, 0.3) is 11.3 Å². The number of halogens is 1. The van der Waals surface area contributed by atoms with Crippen molar-refractivity contribution in [3.8, 4) is 22.8 Å². The van der Waals surface area contributed by atoms with Crippen molar-refractivity contribution in [1.82, 2.24) is 25.9 Å². The Morgan fingerprint density at radius 3 is 2.85 bits per heavy atom. The number of hydrogen-bond acceptors (Lipinski definition) is 7. The number of pyridine rings is 1. The second-order valence-electron chi connectivity index (χ2n) is 9.37. The summed E-state index contributed by atoms with van der Waals surface area (Å²) < 4.78 is 25.9. The summed E-state index contributed by atoms with van der Waals surface area (Å²) in [6, 6.07) is 5.46. The van der Waals surface area contributed by atoms with Crippen molar-refractivity contribution in [2.24, 2.45) is 0 Å². The quantitative estimate of drug-likeness (QED) is 0.346. The van der Waals surface area contributed by atoms with Crippen LogP contribution in [0, 0.1) is 5.82 Å². The molecule has 4 heterocycles. The molecule has 2 aliphatic heterocycles. The molecule has 0 aliphatic carbocycles. The largest absolute Gasteiger partial charge is 0.492 e. The average molecular weight is 537 g/mol. The summed E-state index contributed by atoms with van der Waals surface area (Å²) in [4.78, 5) is 46.1. The molecular formula is C27H29FN6O5. The van der Waals surface area contributed by atoms with E-state index in [1.807, 2.05) is 0 Å². The molecule has 0 radical (unpaired) electrons. The van der Waals surface area contributed by atoms with E-state index in [4.69, 9.17) is 9.47 Å². The average Bonchev–Trinajstić information content (AvgIpc) is 3.30. The molecule has 204 valence electrons. The zero-order valence-corrected chi connectivity index (χ0v) is 21.5. The van der Waals surface area contributed by atoms with Gasteiger partial charge >= 0.3 is 0 Å². The Bertz CT molecular complexity index is 1420. The number of amides is 3. The minimum atomic E-state index is -0.731. The Hall–Kier alpha value is -4.61. The van der Waals surface area contributed by atoms with Gasteiger partial charge in [-0.15, -0.1) is 0 Å². The molecule has 11 nitrogen and oxygen atoms in total. The Morgan fingerprint density at radius 2 is 2.03 bits per heavy atom. The first kappa shape index (κ1) is 26.0. The number of aromatic nitrogens is 2.